The van der Waals surface area contributed by atoms with Crippen LogP contribution < -0.4 is 0 Å². The van der Waals surface area contributed by atoms with Crippen LogP contribution in [-0.4, -0.2) is 41.2 Å². The summed E-state index contributed by atoms with van der Waals surface area (Å²) in [6.45, 7) is 8.17. The van der Waals surface area contributed by atoms with Gasteiger partial charge in [-0.1, -0.05) is 24.3 Å². The van der Waals surface area contributed by atoms with Gasteiger partial charge in [-0.05, 0) is 38.3 Å². The van der Waals surface area contributed by atoms with Crippen LogP contribution in [0.4, 0.5) is 0 Å². The lowest BCUT2D eigenvalue weighted by Gasteiger charge is -2.30. The maximum atomic E-state index is 12.7. The standard InChI is InChI=1S/C18H25NO3S/c1-13-7-5-6-8-15(13)16-9-10-19(11-12-23-16)17(21)18(3,4)22-14(2)20/h5-8,16H,9-12H2,1-4H3. The van der Waals surface area contributed by atoms with Gasteiger partial charge in [0.25, 0.3) is 5.91 Å². The van der Waals surface area contributed by atoms with E-state index in [0.29, 0.717) is 18.3 Å². The van der Waals surface area contributed by atoms with E-state index >= 15 is 0 Å². The zero-order chi connectivity index (χ0) is 17.0. The van der Waals surface area contributed by atoms with E-state index in [-0.39, 0.29) is 5.91 Å². The van der Waals surface area contributed by atoms with E-state index in [4.69, 9.17) is 4.74 Å². The number of aryl methyl sites for hydroxylation is 1. The molecular formula is C18H25NO3S. The van der Waals surface area contributed by atoms with Crippen LogP contribution >= 0.6 is 11.8 Å². The zero-order valence-corrected chi connectivity index (χ0v) is 15.1. The Morgan fingerprint density at radius 1 is 1.26 bits per heavy atom. The molecule has 4 nitrogen and oxygen atoms in total. The summed E-state index contributed by atoms with van der Waals surface area (Å²) >= 11 is 1.90. The van der Waals surface area contributed by atoms with Crippen LogP contribution in [0, 0.1) is 6.92 Å². The fourth-order valence-electron chi connectivity index (χ4n) is 2.95. The second-order valence-corrected chi connectivity index (χ2v) is 7.71. The van der Waals surface area contributed by atoms with Crippen molar-refractivity contribution >= 4 is 23.6 Å². The first-order chi connectivity index (χ1) is 10.8. The SMILES string of the molecule is CC(=O)OC(C)(C)C(=O)N1CCSC(c2ccccc2C)CC1. The van der Waals surface area contributed by atoms with Crippen LogP contribution in [0.15, 0.2) is 24.3 Å². The molecule has 1 aromatic rings. The normalized spacial score (nSPS) is 19.1. The summed E-state index contributed by atoms with van der Waals surface area (Å²) in [5.74, 6) is 0.352. The van der Waals surface area contributed by atoms with E-state index in [9.17, 15) is 9.59 Å². The lowest BCUT2D eigenvalue weighted by molar-refractivity contribution is -0.168. The molecule has 2 rings (SSSR count). The fourth-order valence-corrected chi connectivity index (χ4v) is 4.28. The van der Waals surface area contributed by atoms with Crippen LogP contribution in [0.3, 0.4) is 0 Å². The number of amides is 1. The Morgan fingerprint density at radius 2 is 1.96 bits per heavy atom. The first kappa shape index (κ1) is 17.9. The quantitative estimate of drug-likeness (QED) is 0.795. The molecule has 1 fully saturated rings. The van der Waals surface area contributed by atoms with Crippen molar-refractivity contribution in [2.45, 2.75) is 45.0 Å². The summed E-state index contributed by atoms with van der Waals surface area (Å²) < 4.78 is 5.19. The second kappa shape index (κ2) is 7.39. The summed E-state index contributed by atoms with van der Waals surface area (Å²) in [5.41, 5.74) is 1.55. The highest BCUT2D eigenvalue weighted by atomic mass is 32.2. The van der Waals surface area contributed by atoms with Crippen molar-refractivity contribution in [2.75, 3.05) is 18.8 Å². The Bertz CT molecular complexity index is 585. The maximum absolute atomic E-state index is 12.7. The minimum Gasteiger partial charge on any atom is -0.450 e. The maximum Gasteiger partial charge on any atom is 0.303 e. The Labute approximate surface area is 142 Å². The number of carbonyl (C=O) groups is 2. The third kappa shape index (κ3) is 4.50. The second-order valence-electron chi connectivity index (χ2n) is 6.40. The minimum absolute atomic E-state index is 0.112. The van der Waals surface area contributed by atoms with Gasteiger partial charge in [-0.15, -0.1) is 0 Å². The lowest BCUT2D eigenvalue weighted by atomic mass is 10.0. The van der Waals surface area contributed by atoms with E-state index in [1.54, 1.807) is 13.8 Å². The van der Waals surface area contributed by atoms with Gasteiger partial charge in [-0.3, -0.25) is 9.59 Å². The van der Waals surface area contributed by atoms with Crippen molar-refractivity contribution in [3.05, 3.63) is 35.4 Å². The van der Waals surface area contributed by atoms with E-state index < -0.39 is 11.6 Å². The summed E-state index contributed by atoms with van der Waals surface area (Å²) in [5, 5.41) is 0.408. The number of ether oxygens (including phenoxy) is 1. The molecule has 1 amide bonds. The van der Waals surface area contributed by atoms with Gasteiger partial charge in [-0.2, -0.15) is 11.8 Å². The number of hydrogen-bond donors (Lipinski definition) is 0. The molecular weight excluding hydrogens is 310 g/mol. The van der Waals surface area contributed by atoms with E-state index in [1.165, 1.54) is 18.1 Å². The highest BCUT2D eigenvalue weighted by Crippen LogP contribution is 2.36. The van der Waals surface area contributed by atoms with Crippen molar-refractivity contribution in [1.29, 1.82) is 0 Å². The molecule has 0 spiro atoms. The van der Waals surface area contributed by atoms with E-state index in [2.05, 4.69) is 31.2 Å². The molecule has 0 aromatic heterocycles. The van der Waals surface area contributed by atoms with Gasteiger partial charge in [-0.25, -0.2) is 0 Å². The summed E-state index contributed by atoms with van der Waals surface area (Å²) in [6, 6.07) is 8.43. The predicted octanol–water partition coefficient (Wildman–Crippen LogP) is 3.34. The van der Waals surface area contributed by atoms with Crippen LogP contribution in [0.25, 0.3) is 0 Å². The Balaban J connectivity index is 2.05. The third-order valence-electron chi connectivity index (χ3n) is 4.08. The summed E-state index contributed by atoms with van der Waals surface area (Å²) in [7, 11) is 0. The molecule has 1 aromatic carbocycles. The van der Waals surface area contributed by atoms with Gasteiger partial charge in [0.05, 0.1) is 0 Å². The molecule has 0 bridgehead atoms. The van der Waals surface area contributed by atoms with E-state index in [0.717, 1.165) is 12.2 Å². The van der Waals surface area contributed by atoms with Crippen molar-refractivity contribution in [3.63, 3.8) is 0 Å². The van der Waals surface area contributed by atoms with Crippen LogP contribution in [0.5, 0.6) is 0 Å². The predicted molar refractivity (Wildman–Crippen MR) is 93.4 cm³/mol. The molecule has 5 heteroatoms. The van der Waals surface area contributed by atoms with Gasteiger partial charge in [0.1, 0.15) is 0 Å². The van der Waals surface area contributed by atoms with E-state index in [1.807, 2.05) is 16.7 Å². The van der Waals surface area contributed by atoms with Crippen LogP contribution in [0.2, 0.25) is 0 Å². The fraction of sp³-hybridized carbons (Fsp3) is 0.556. The highest BCUT2D eigenvalue weighted by molar-refractivity contribution is 7.99. The largest absolute Gasteiger partial charge is 0.450 e. The molecule has 0 aliphatic carbocycles. The summed E-state index contributed by atoms with van der Waals surface area (Å²) in [4.78, 5) is 25.7. The molecule has 0 saturated carbocycles. The smallest absolute Gasteiger partial charge is 0.303 e. The minimum atomic E-state index is -1.10. The Hall–Kier alpha value is -1.49. The number of benzene rings is 1. The molecule has 1 unspecified atom stereocenters. The first-order valence-electron chi connectivity index (χ1n) is 7.97. The Morgan fingerprint density at radius 3 is 2.61 bits per heavy atom. The monoisotopic (exact) mass is 335 g/mol. The molecule has 0 N–H and O–H groups in total. The topological polar surface area (TPSA) is 46.6 Å². The zero-order valence-electron chi connectivity index (χ0n) is 14.3. The Kier molecular flexibility index (Phi) is 5.74. The average Bonchev–Trinajstić information content (AvgIpc) is 2.71. The first-order valence-corrected chi connectivity index (χ1v) is 9.02. The number of rotatable bonds is 3. The highest BCUT2D eigenvalue weighted by Gasteiger charge is 2.36. The molecule has 23 heavy (non-hydrogen) atoms. The lowest BCUT2D eigenvalue weighted by Crippen LogP contribution is -2.48. The van der Waals surface area contributed by atoms with Gasteiger partial charge < -0.3 is 9.64 Å². The van der Waals surface area contributed by atoms with Gasteiger partial charge in [0, 0.05) is 31.0 Å². The number of carbonyl (C=O) groups excluding carboxylic acids is 2. The van der Waals surface area contributed by atoms with Gasteiger partial charge >= 0.3 is 5.97 Å². The van der Waals surface area contributed by atoms with Crippen LogP contribution in [0.1, 0.15) is 43.6 Å². The van der Waals surface area contributed by atoms with Crippen molar-refractivity contribution < 1.29 is 14.3 Å². The molecule has 1 saturated heterocycles. The molecule has 126 valence electrons. The van der Waals surface area contributed by atoms with Crippen LogP contribution in [-0.2, 0) is 14.3 Å². The molecule has 1 heterocycles. The average molecular weight is 335 g/mol. The number of nitrogens with zero attached hydrogens (tertiary/aromatic N) is 1. The number of hydrogen-bond acceptors (Lipinski definition) is 4. The molecule has 1 aliphatic heterocycles. The van der Waals surface area contributed by atoms with Gasteiger partial charge in [0.2, 0.25) is 0 Å². The number of esters is 1. The molecule has 1 aliphatic rings. The third-order valence-corrected chi connectivity index (χ3v) is 5.39. The molecule has 1 atom stereocenters. The van der Waals surface area contributed by atoms with Crippen molar-refractivity contribution in [2.24, 2.45) is 0 Å². The van der Waals surface area contributed by atoms with Gasteiger partial charge in [0.15, 0.2) is 5.60 Å². The van der Waals surface area contributed by atoms with Crippen molar-refractivity contribution in [1.82, 2.24) is 4.90 Å². The van der Waals surface area contributed by atoms with Crippen molar-refractivity contribution in [3.8, 4) is 0 Å². The molecule has 0 radical (unpaired) electrons. The summed E-state index contributed by atoms with van der Waals surface area (Å²) in [6.07, 6.45) is 0.914. The number of thioether (sulfide) groups is 1.